The van der Waals surface area contributed by atoms with Gasteiger partial charge in [0.05, 0.1) is 30.9 Å². The number of carbonyl (C=O) groups excluding carboxylic acids is 2. The number of nitrogens with one attached hydrogen (secondary N) is 2. The quantitative estimate of drug-likeness (QED) is 0.500. The van der Waals surface area contributed by atoms with Crippen molar-refractivity contribution in [3.05, 3.63) is 35.9 Å². The van der Waals surface area contributed by atoms with Crippen molar-refractivity contribution < 1.29 is 24.3 Å². The first-order chi connectivity index (χ1) is 16.2. The first-order valence-corrected chi connectivity index (χ1v) is 12.4. The summed E-state index contributed by atoms with van der Waals surface area (Å²) in [5.74, 6) is 0.863. The molecule has 1 aliphatic heterocycles. The van der Waals surface area contributed by atoms with E-state index in [-0.39, 0.29) is 18.5 Å². The molecule has 0 radical (unpaired) electrons. The van der Waals surface area contributed by atoms with E-state index in [1.54, 1.807) is 0 Å². The maximum atomic E-state index is 13.1. The number of hydrogen-bond acceptors (Lipinski definition) is 6. The summed E-state index contributed by atoms with van der Waals surface area (Å²) in [6, 6.07) is 8.79. The van der Waals surface area contributed by atoms with E-state index in [4.69, 9.17) is 9.57 Å². The largest absolute Gasteiger partial charge is 0.453 e. The van der Waals surface area contributed by atoms with Gasteiger partial charge in [0.15, 0.2) is 0 Å². The van der Waals surface area contributed by atoms with Crippen molar-refractivity contribution >= 4 is 12.0 Å². The molecule has 3 rings (SSSR count). The predicted molar refractivity (Wildman–Crippen MR) is 130 cm³/mol. The molecule has 0 spiro atoms. The number of nitrogens with zero attached hydrogens (tertiary/aromatic N) is 1. The van der Waals surface area contributed by atoms with Gasteiger partial charge in [-0.1, -0.05) is 49.6 Å². The number of ether oxygens (including phenoxy) is 1. The van der Waals surface area contributed by atoms with Gasteiger partial charge in [-0.15, -0.1) is 0 Å². The SMILES string of the molecule is COC(=O)N[C@@H](Cc1ccccc1)[C@H](O)CN1C[C@H]2CCCC[C@H]2C[C@H]1C(=O)NOC(C)(C)C. The number of carbonyl (C=O) groups is 2. The van der Waals surface area contributed by atoms with Gasteiger partial charge in [0, 0.05) is 13.1 Å². The smallest absolute Gasteiger partial charge is 0.407 e. The third-order valence-electron chi connectivity index (χ3n) is 6.94. The van der Waals surface area contributed by atoms with Crippen molar-refractivity contribution in [3.63, 3.8) is 0 Å². The number of hydroxylamine groups is 1. The number of amides is 2. The predicted octanol–water partition coefficient (Wildman–Crippen LogP) is 3.04. The minimum absolute atomic E-state index is 0.174. The highest BCUT2D eigenvalue weighted by Crippen LogP contribution is 2.38. The Kier molecular flexibility index (Phi) is 9.33. The Morgan fingerprint density at radius 3 is 2.47 bits per heavy atom. The number of hydrogen-bond donors (Lipinski definition) is 3. The molecule has 3 N–H and O–H groups in total. The second-order valence-electron chi connectivity index (χ2n) is 10.7. The number of aliphatic hydroxyl groups is 1. The molecule has 2 amide bonds. The first-order valence-electron chi connectivity index (χ1n) is 12.4. The van der Waals surface area contributed by atoms with Crippen LogP contribution in [0.4, 0.5) is 4.79 Å². The molecule has 1 heterocycles. The van der Waals surface area contributed by atoms with Gasteiger partial charge in [-0.3, -0.25) is 14.5 Å². The van der Waals surface area contributed by atoms with Crippen LogP contribution in [0.25, 0.3) is 0 Å². The topological polar surface area (TPSA) is 100 Å². The Morgan fingerprint density at radius 2 is 1.82 bits per heavy atom. The fraction of sp³-hybridized carbons (Fsp3) is 0.692. The number of likely N-dealkylation sites (tertiary alicyclic amines) is 1. The molecule has 1 aromatic rings. The minimum atomic E-state index is -0.877. The molecule has 0 bridgehead atoms. The minimum Gasteiger partial charge on any atom is -0.453 e. The highest BCUT2D eigenvalue weighted by molar-refractivity contribution is 5.81. The summed E-state index contributed by atoms with van der Waals surface area (Å²) >= 11 is 0. The average Bonchev–Trinajstić information content (AvgIpc) is 2.81. The van der Waals surface area contributed by atoms with Crippen LogP contribution in [0.5, 0.6) is 0 Å². The van der Waals surface area contributed by atoms with Crippen LogP contribution < -0.4 is 10.8 Å². The lowest BCUT2D eigenvalue weighted by atomic mass is 9.72. The molecule has 8 heteroatoms. The molecule has 0 unspecified atom stereocenters. The van der Waals surface area contributed by atoms with Gasteiger partial charge in [-0.2, -0.15) is 0 Å². The van der Waals surface area contributed by atoms with E-state index in [0.29, 0.717) is 18.3 Å². The van der Waals surface area contributed by atoms with Crippen molar-refractivity contribution in [1.82, 2.24) is 15.7 Å². The zero-order valence-corrected chi connectivity index (χ0v) is 21.0. The lowest BCUT2D eigenvalue weighted by molar-refractivity contribution is -0.155. The van der Waals surface area contributed by atoms with E-state index in [9.17, 15) is 14.7 Å². The number of aliphatic hydroxyl groups excluding tert-OH is 1. The maximum absolute atomic E-state index is 13.1. The Balaban J connectivity index is 1.74. The number of rotatable bonds is 8. The molecule has 8 nitrogen and oxygen atoms in total. The van der Waals surface area contributed by atoms with Crippen LogP contribution in [0.15, 0.2) is 30.3 Å². The molecule has 2 fully saturated rings. The summed E-state index contributed by atoms with van der Waals surface area (Å²) in [5, 5.41) is 14.0. The zero-order valence-electron chi connectivity index (χ0n) is 21.0. The van der Waals surface area contributed by atoms with Crippen molar-refractivity contribution in [2.45, 2.75) is 83.1 Å². The van der Waals surface area contributed by atoms with Crippen LogP contribution >= 0.6 is 0 Å². The zero-order chi connectivity index (χ0) is 24.7. The van der Waals surface area contributed by atoms with Crippen LogP contribution in [-0.2, 0) is 20.8 Å². The monoisotopic (exact) mass is 475 g/mol. The highest BCUT2D eigenvalue weighted by atomic mass is 16.7. The molecule has 1 aromatic carbocycles. The summed E-state index contributed by atoms with van der Waals surface area (Å²) in [7, 11) is 1.31. The summed E-state index contributed by atoms with van der Waals surface area (Å²) in [4.78, 5) is 32.8. The molecule has 190 valence electrons. The van der Waals surface area contributed by atoms with Crippen LogP contribution in [0.2, 0.25) is 0 Å². The lowest BCUT2D eigenvalue weighted by Gasteiger charge is -2.46. The van der Waals surface area contributed by atoms with Crippen LogP contribution in [0.1, 0.15) is 58.4 Å². The number of fused-ring (bicyclic) bond motifs is 1. The summed E-state index contributed by atoms with van der Waals surface area (Å²) in [6.45, 7) is 6.70. The van der Waals surface area contributed by atoms with Crippen molar-refractivity contribution in [1.29, 1.82) is 0 Å². The Hall–Kier alpha value is -2.16. The van der Waals surface area contributed by atoms with E-state index in [1.165, 1.54) is 20.0 Å². The van der Waals surface area contributed by atoms with E-state index in [0.717, 1.165) is 31.4 Å². The molecule has 0 aromatic heterocycles. The first kappa shape index (κ1) is 26.4. The molecule has 5 atom stereocenters. The molecule has 1 saturated heterocycles. The molecule has 1 saturated carbocycles. The normalized spacial score (nSPS) is 25.0. The summed E-state index contributed by atoms with van der Waals surface area (Å²) < 4.78 is 4.80. The fourth-order valence-corrected chi connectivity index (χ4v) is 5.17. The van der Waals surface area contributed by atoms with Gasteiger partial charge in [-0.05, 0) is 57.4 Å². The van der Waals surface area contributed by atoms with Gasteiger partial charge >= 0.3 is 6.09 Å². The van der Waals surface area contributed by atoms with Crippen molar-refractivity contribution in [3.8, 4) is 0 Å². The lowest BCUT2D eigenvalue weighted by Crippen LogP contribution is -2.59. The Morgan fingerprint density at radius 1 is 1.15 bits per heavy atom. The fourth-order valence-electron chi connectivity index (χ4n) is 5.17. The van der Waals surface area contributed by atoms with Crippen molar-refractivity contribution in [2.75, 3.05) is 20.2 Å². The van der Waals surface area contributed by atoms with E-state index < -0.39 is 23.8 Å². The molecule has 1 aliphatic carbocycles. The van der Waals surface area contributed by atoms with Crippen LogP contribution in [0.3, 0.4) is 0 Å². The Labute approximate surface area is 203 Å². The number of piperidine rings is 1. The van der Waals surface area contributed by atoms with Gasteiger partial charge in [0.25, 0.3) is 5.91 Å². The van der Waals surface area contributed by atoms with E-state index in [1.807, 2.05) is 51.1 Å². The number of alkyl carbamates (subject to hydrolysis) is 1. The molecule has 2 aliphatic rings. The number of benzene rings is 1. The third kappa shape index (κ3) is 7.68. The summed E-state index contributed by atoms with van der Waals surface area (Å²) in [6.07, 6.45) is 4.47. The molecular weight excluding hydrogens is 434 g/mol. The number of methoxy groups -OCH3 is 1. The van der Waals surface area contributed by atoms with Gasteiger partial charge < -0.3 is 15.2 Å². The second-order valence-corrected chi connectivity index (χ2v) is 10.7. The van der Waals surface area contributed by atoms with Crippen molar-refractivity contribution in [2.24, 2.45) is 11.8 Å². The van der Waals surface area contributed by atoms with Gasteiger partial charge in [-0.25, -0.2) is 10.3 Å². The standard InChI is InChI=1S/C26H41N3O5/c1-26(2,3)34-28-24(31)22-15-19-12-8-9-13-20(19)16-29(22)17-23(30)21(27-25(32)33-4)14-18-10-6-5-7-11-18/h5-7,10-11,19-23,30H,8-9,12-17H2,1-4H3,(H,27,32)(H,28,31)/t19-,20+,21-,22-,23+/m0/s1. The highest BCUT2D eigenvalue weighted by Gasteiger charge is 2.41. The number of β-amino-alcohol motifs (C(OH)–C–C–N with tert-alkyl or cyclic N) is 1. The molecule has 34 heavy (non-hydrogen) atoms. The maximum Gasteiger partial charge on any atom is 0.407 e. The van der Waals surface area contributed by atoms with E-state index >= 15 is 0 Å². The average molecular weight is 476 g/mol. The van der Waals surface area contributed by atoms with Crippen LogP contribution in [-0.4, -0.2) is 66.0 Å². The Bertz CT molecular complexity index is 797. The third-order valence-corrected chi connectivity index (χ3v) is 6.94. The van der Waals surface area contributed by atoms with Crippen LogP contribution in [0, 0.1) is 11.8 Å². The van der Waals surface area contributed by atoms with Gasteiger partial charge in [0.1, 0.15) is 0 Å². The second kappa shape index (κ2) is 12.0. The molecular formula is C26H41N3O5. The van der Waals surface area contributed by atoms with Gasteiger partial charge in [0.2, 0.25) is 0 Å². The summed E-state index contributed by atoms with van der Waals surface area (Å²) in [5.41, 5.74) is 3.16. The van der Waals surface area contributed by atoms with E-state index in [2.05, 4.69) is 15.7 Å².